The Morgan fingerprint density at radius 2 is 1.94 bits per heavy atom. The van der Waals surface area contributed by atoms with Gasteiger partial charge >= 0.3 is 0 Å². The van der Waals surface area contributed by atoms with Crippen molar-refractivity contribution < 1.29 is 9.53 Å². The van der Waals surface area contributed by atoms with E-state index in [1.165, 1.54) is 0 Å². The van der Waals surface area contributed by atoms with E-state index >= 15 is 0 Å². The van der Waals surface area contributed by atoms with Crippen molar-refractivity contribution in [1.82, 2.24) is 5.32 Å². The van der Waals surface area contributed by atoms with Crippen molar-refractivity contribution >= 4 is 11.6 Å². The fourth-order valence-corrected chi connectivity index (χ4v) is 2.09. The summed E-state index contributed by atoms with van der Waals surface area (Å²) < 4.78 is 5.29. The minimum Gasteiger partial charge on any atom is -0.399 e. The Labute approximate surface area is 108 Å². The van der Waals surface area contributed by atoms with E-state index in [9.17, 15) is 4.79 Å². The van der Waals surface area contributed by atoms with Crippen molar-refractivity contribution in [2.24, 2.45) is 5.92 Å². The fourth-order valence-electron chi connectivity index (χ4n) is 2.09. The molecule has 0 saturated carbocycles. The van der Waals surface area contributed by atoms with E-state index in [-0.39, 0.29) is 5.91 Å². The van der Waals surface area contributed by atoms with Crippen LogP contribution in [0.5, 0.6) is 0 Å². The van der Waals surface area contributed by atoms with Crippen LogP contribution in [0.4, 0.5) is 5.69 Å². The van der Waals surface area contributed by atoms with Crippen molar-refractivity contribution in [1.29, 1.82) is 0 Å². The fraction of sp³-hybridized carbons (Fsp3) is 0.500. The Bertz CT molecular complexity index is 383. The van der Waals surface area contributed by atoms with Crippen LogP contribution in [0.25, 0.3) is 0 Å². The molecule has 18 heavy (non-hydrogen) atoms. The number of carbonyl (C=O) groups excluding carboxylic acids is 1. The van der Waals surface area contributed by atoms with Crippen LogP contribution in [-0.4, -0.2) is 25.7 Å². The topological polar surface area (TPSA) is 64.4 Å². The van der Waals surface area contributed by atoms with Gasteiger partial charge in [-0.1, -0.05) is 12.1 Å². The van der Waals surface area contributed by atoms with E-state index in [0.717, 1.165) is 43.9 Å². The first-order chi connectivity index (χ1) is 8.74. The first kappa shape index (κ1) is 12.9. The van der Waals surface area contributed by atoms with Crippen molar-refractivity contribution in [3.05, 3.63) is 29.8 Å². The number of anilines is 1. The minimum atomic E-state index is 0.0752. The second kappa shape index (κ2) is 6.40. The maximum absolute atomic E-state index is 11.8. The average molecular weight is 248 g/mol. The van der Waals surface area contributed by atoms with Crippen LogP contribution < -0.4 is 11.1 Å². The molecule has 1 aromatic rings. The van der Waals surface area contributed by atoms with Gasteiger partial charge in [0.05, 0.1) is 6.42 Å². The van der Waals surface area contributed by atoms with Crippen molar-refractivity contribution in [3.8, 4) is 0 Å². The zero-order valence-electron chi connectivity index (χ0n) is 10.5. The van der Waals surface area contributed by atoms with E-state index in [1.54, 1.807) is 0 Å². The summed E-state index contributed by atoms with van der Waals surface area (Å²) in [6.07, 6.45) is 2.51. The summed E-state index contributed by atoms with van der Waals surface area (Å²) in [5.41, 5.74) is 7.32. The monoisotopic (exact) mass is 248 g/mol. The van der Waals surface area contributed by atoms with Gasteiger partial charge in [0.25, 0.3) is 0 Å². The highest BCUT2D eigenvalue weighted by atomic mass is 16.5. The maximum atomic E-state index is 11.8. The summed E-state index contributed by atoms with van der Waals surface area (Å²) in [6, 6.07) is 7.43. The molecule has 4 heteroatoms. The van der Waals surface area contributed by atoms with Gasteiger partial charge in [-0.05, 0) is 36.5 Å². The van der Waals surface area contributed by atoms with Crippen molar-refractivity contribution in [3.63, 3.8) is 0 Å². The van der Waals surface area contributed by atoms with E-state index in [4.69, 9.17) is 10.5 Å². The summed E-state index contributed by atoms with van der Waals surface area (Å²) in [5, 5.41) is 2.99. The Morgan fingerprint density at radius 1 is 1.28 bits per heavy atom. The third-order valence-corrected chi connectivity index (χ3v) is 3.27. The normalized spacial score (nSPS) is 16.4. The largest absolute Gasteiger partial charge is 0.399 e. The summed E-state index contributed by atoms with van der Waals surface area (Å²) >= 11 is 0. The van der Waals surface area contributed by atoms with E-state index < -0.39 is 0 Å². The van der Waals surface area contributed by atoms with Gasteiger partial charge in [0.1, 0.15) is 0 Å². The molecule has 1 aromatic carbocycles. The molecule has 0 radical (unpaired) electrons. The van der Waals surface area contributed by atoms with Crippen LogP contribution in [0.15, 0.2) is 24.3 Å². The third kappa shape index (κ3) is 4.04. The second-order valence-corrected chi connectivity index (χ2v) is 4.78. The van der Waals surface area contributed by atoms with Gasteiger partial charge in [-0.2, -0.15) is 0 Å². The minimum absolute atomic E-state index is 0.0752. The molecule has 1 aliphatic heterocycles. The lowest BCUT2D eigenvalue weighted by Gasteiger charge is -2.22. The Hall–Kier alpha value is -1.55. The molecular formula is C14H20N2O2. The molecule has 4 nitrogen and oxygen atoms in total. The molecule has 0 spiro atoms. The van der Waals surface area contributed by atoms with E-state index in [0.29, 0.717) is 12.3 Å². The van der Waals surface area contributed by atoms with E-state index in [1.807, 2.05) is 24.3 Å². The van der Waals surface area contributed by atoms with Gasteiger partial charge in [-0.25, -0.2) is 0 Å². The van der Waals surface area contributed by atoms with Gasteiger partial charge in [-0.15, -0.1) is 0 Å². The number of hydrogen-bond donors (Lipinski definition) is 2. The Kier molecular flexibility index (Phi) is 4.59. The molecule has 0 atom stereocenters. The number of hydrogen-bond acceptors (Lipinski definition) is 3. The summed E-state index contributed by atoms with van der Waals surface area (Å²) in [5.74, 6) is 0.639. The molecule has 1 aliphatic rings. The number of nitrogens with two attached hydrogens (primary N) is 1. The predicted molar refractivity (Wildman–Crippen MR) is 71.1 cm³/mol. The Morgan fingerprint density at radius 3 is 2.61 bits per heavy atom. The first-order valence-electron chi connectivity index (χ1n) is 6.43. The lowest BCUT2D eigenvalue weighted by molar-refractivity contribution is -0.120. The molecular weight excluding hydrogens is 228 g/mol. The second-order valence-electron chi connectivity index (χ2n) is 4.78. The molecule has 3 N–H and O–H groups in total. The lowest BCUT2D eigenvalue weighted by atomic mass is 10.0. The van der Waals surface area contributed by atoms with Crippen molar-refractivity contribution in [2.75, 3.05) is 25.5 Å². The molecule has 0 unspecified atom stereocenters. The zero-order valence-corrected chi connectivity index (χ0v) is 10.5. The summed E-state index contributed by atoms with van der Waals surface area (Å²) in [7, 11) is 0. The molecule has 98 valence electrons. The quantitative estimate of drug-likeness (QED) is 0.791. The average Bonchev–Trinajstić information content (AvgIpc) is 2.40. The number of nitrogens with one attached hydrogen (secondary N) is 1. The van der Waals surface area contributed by atoms with Gasteiger partial charge < -0.3 is 15.8 Å². The lowest BCUT2D eigenvalue weighted by Crippen LogP contribution is -2.33. The molecule has 1 fully saturated rings. The highest BCUT2D eigenvalue weighted by Gasteiger charge is 2.14. The highest BCUT2D eigenvalue weighted by molar-refractivity contribution is 5.78. The molecule has 1 amide bonds. The number of rotatable bonds is 4. The maximum Gasteiger partial charge on any atom is 0.224 e. The summed E-state index contributed by atoms with van der Waals surface area (Å²) in [6.45, 7) is 2.40. The van der Waals surface area contributed by atoms with Crippen LogP contribution >= 0.6 is 0 Å². The smallest absolute Gasteiger partial charge is 0.224 e. The van der Waals surface area contributed by atoms with Crippen LogP contribution in [0.2, 0.25) is 0 Å². The number of amides is 1. The van der Waals surface area contributed by atoms with Gasteiger partial charge in [0.15, 0.2) is 0 Å². The summed E-state index contributed by atoms with van der Waals surface area (Å²) in [4.78, 5) is 11.8. The Balaban J connectivity index is 1.73. The third-order valence-electron chi connectivity index (χ3n) is 3.27. The zero-order chi connectivity index (χ0) is 12.8. The molecule has 1 saturated heterocycles. The number of nitrogen functional groups attached to an aromatic ring is 1. The number of carbonyl (C=O) groups is 1. The molecule has 1 heterocycles. The molecule has 0 aromatic heterocycles. The van der Waals surface area contributed by atoms with Crippen LogP contribution in [0.3, 0.4) is 0 Å². The van der Waals surface area contributed by atoms with Gasteiger partial charge in [-0.3, -0.25) is 4.79 Å². The molecule has 0 bridgehead atoms. The standard InChI is InChI=1S/C14H20N2O2/c15-13-3-1-11(2-4-13)9-14(17)16-10-12-5-7-18-8-6-12/h1-4,12H,5-10,15H2,(H,16,17). The predicted octanol–water partition coefficient (Wildman–Crippen LogP) is 1.35. The van der Waals surface area contributed by atoms with Crippen LogP contribution in [0.1, 0.15) is 18.4 Å². The van der Waals surface area contributed by atoms with Gasteiger partial charge in [0.2, 0.25) is 5.91 Å². The van der Waals surface area contributed by atoms with Crippen LogP contribution in [-0.2, 0) is 16.0 Å². The molecule has 0 aliphatic carbocycles. The SMILES string of the molecule is Nc1ccc(CC(=O)NCC2CCOCC2)cc1. The number of benzene rings is 1. The van der Waals surface area contributed by atoms with Gasteiger partial charge in [0, 0.05) is 25.4 Å². The first-order valence-corrected chi connectivity index (χ1v) is 6.43. The highest BCUT2D eigenvalue weighted by Crippen LogP contribution is 2.13. The van der Waals surface area contributed by atoms with Crippen LogP contribution in [0, 0.1) is 5.92 Å². The molecule has 2 rings (SSSR count). The van der Waals surface area contributed by atoms with Crippen molar-refractivity contribution in [2.45, 2.75) is 19.3 Å². The number of ether oxygens (including phenoxy) is 1. The van der Waals surface area contributed by atoms with E-state index in [2.05, 4.69) is 5.32 Å².